The van der Waals surface area contributed by atoms with Gasteiger partial charge in [0.05, 0.1) is 35.8 Å². The number of nitrogens with one attached hydrogen (secondary N) is 1. The second-order valence-corrected chi connectivity index (χ2v) is 9.15. The highest BCUT2D eigenvalue weighted by Gasteiger charge is 2.80. The normalized spacial score (nSPS) is 28.8. The Kier molecular flexibility index (Phi) is 5.96. The first-order valence-electron chi connectivity index (χ1n) is 10.6. The Morgan fingerprint density at radius 3 is 2.29 bits per heavy atom. The molecular formula is C25H20Cl2N4O3. The molecule has 0 amide bonds. The molecule has 0 spiro atoms. The maximum absolute atomic E-state index is 10.4. The number of nitrogens with zero attached hydrogens (tertiary/aromatic N) is 3. The smallest absolute Gasteiger partial charge is 0.245 e. The summed E-state index contributed by atoms with van der Waals surface area (Å²) in [6.07, 6.45) is -0.389. The van der Waals surface area contributed by atoms with Crippen LogP contribution in [-0.4, -0.2) is 12.5 Å². The molecule has 4 atom stereocenters. The molecule has 0 radical (unpaired) electrons. The highest BCUT2D eigenvalue weighted by atomic mass is 35.5. The van der Waals surface area contributed by atoms with E-state index in [4.69, 9.17) is 42.8 Å². The Morgan fingerprint density at radius 2 is 1.74 bits per heavy atom. The molecule has 2 aromatic rings. The molecule has 0 saturated carbocycles. The van der Waals surface area contributed by atoms with E-state index in [1.165, 1.54) is 6.07 Å². The number of fused-ring (bicyclic) bond motifs is 2. The SMILES string of the molecule is CCCOc1ccc(C2OC3(c4ccc(Cl)cc4Cl)OC(=N)C(C#N)(C3C)C2(C#N)C#N)cc1. The van der Waals surface area contributed by atoms with Crippen LogP contribution in [0.15, 0.2) is 42.5 Å². The lowest BCUT2D eigenvalue weighted by Crippen LogP contribution is -2.57. The van der Waals surface area contributed by atoms with Crippen LogP contribution in [0.2, 0.25) is 10.0 Å². The maximum Gasteiger partial charge on any atom is 0.245 e. The van der Waals surface area contributed by atoms with E-state index >= 15 is 0 Å². The zero-order chi connectivity index (χ0) is 24.7. The third kappa shape index (κ3) is 3.00. The lowest BCUT2D eigenvalue weighted by Gasteiger charge is -2.49. The Labute approximate surface area is 207 Å². The van der Waals surface area contributed by atoms with Gasteiger partial charge in [-0.3, -0.25) is 5.41 Å². The minimum atomic E-state index is -2.07. The summed E-state index contributed by atoms with van der Waals surface area (Å²) in [6.45, 7) is 4.15. The van der Waals surface area contributed by atoms with E-state index in [0.29, 0.717) is 28.5 Å². The van der Waals surface area contributed by atoms with Crippen LogP contribution in [0.3, 0.4) is 0 Å². The first-order chi connectivity index (χ1) is 16.3. The third-order valence-electron chi connectivity index (χ3n) is 6.63. The highest BCUT2D eigenvalue weighted by molar-refractivity contribution is 6.35. The van der Waals surface area contributed by atoms with Crippen LogP contribution in [0.1, 0.15) is 37.5 Å². The lowest BCUT2D eigenvalue weighted by molar-refractivity contribution is -0.288. The fourth-order valence-electron chi connectivity index (χ4n) is 4.87. The van der Waals surface area contributed by atoms with Gasteiger partial charge < -0.3 is 14.2 Å². The van der Waals surface area contributed by atoms with Gasteiger partial charge in [-0.25, -0.2) is 0 Å². The Bertz CT molecular complexity index is 1260. The second-order valence-electron chi connectivity index (χ2n) is 8.31. The first kappa shape index (κ1) is 23.9. The summed E-state index contributed by atoms with van der Waals surface area (Å²) in [7, 11) is 0. The van der Waals surface area contributed by atoms with Crippen molar-refractivity contribution in [2.75, 3.05) is 6.61 Å². The number of nitriles is 3. The van der Waals surface area contributed by atoms with Crippen molar-refractivity contribution >= 4 is 29.1 Å². The van der Waals surface area contributed by atoms with Gasteiger partial charge in [-0.1, -0.05) is 49.2 Å². The molecular weight excluding hydrogens is 475 g/mol. The van der Waals surface area contributed by atoms with Crippen molar-refractivity contribution in [3.05, 3.63) is 63.6 Å². The van der Waals surface area contributed by atoms with E-state index in [1.807, 2.05) is 19.1 Å². The van der Waals surface area contributed by atoms with E-state index in [2.05, 4.69) is 6.07 Å². The molecule has 172 valence electrons. The fourth-order valence-corrected chi connectivity index (χ4v) is 5.41. The minimum absolute atomic E-state index is 0.212. The molecule has 4 unspecified atom stereocenters. The van der Waals surface area contributed by atoms with Crippen molar-refractivity contribution < 1.29 is 14.2 Å². The molecule has 2 saturated heterocycles. The summed E-state index contributed by atoms with van der Waals surface area (Å²) >= 11 is 12.6. The van der Waals surface area contributed by atoms with Gasteiger partial charge in [0.1, 0.15) is 11.9 Å². The van der Waals surface area contributed by atoms with Crippen molar-refractivity contribution in [1.82, 2.24) is 0 Å². The van der Waals surface area contributed by atoms with Crippen molar-refractivity contribution in [2.45, 2.75) is 32.2 Å². The third-order valence-corrected chi connectivity index (χ3v) is 7.18. The van der Waals surface area contributed by atoms with Crippen molar-refractivity contribution in [1.29, 1.82) is 21.2 Å². The average molecular weight is 495 g/mol. The quantitative estimate of drug-likeness (QED) is 0.552. The number of hydrogen-bond donors (Lipinski definition) is 1. The van der Waals surface area contributed by atoms with Gasteiger partial charge in [-0.15, -0.1) is 0 Å². The largest absolute Gasteiger partial charge is 0.494 e. The van der Waals surface area contributed by atoms with Crippen molar-refractivity contribution in [3.63, 3.8) is 0 Å². The monoisotopic (exact) mass is 494 g/mol. The fraction of sp³-hybridized carbons (Fsp3) is 0.360. The van der Waals surface area contributed by atoms with E-state index < -0.39 is 34.5 Å². The van der Waals surface area contributed by atoms with Crippen molar-refractivity contribution in [2.24, 2.45) is 16.7 Å². The molecule has 2 bridgehead atoms. The summed E-state index contributed by atoms with van der Waals surface area (Å²) in [5.41, 5.74) is -3.17. The molecule has 2 aromatic carbocycles. The van der Waals surface area contributed by atoms with Gasteiger partial charge in [0.25, 0.3) is 0 Å². The molecule has 0 aliphatic carbocycles. The topological polar surface area (TPSA) is 123 Å². The van der Waals surface area contributed by atoms with Gasteiger partial charge in [0.2, 0.25) is 17.1 Å². The van der Waals surface area contributed by atoms with E-state index in [9.17, 15) is 15.8 Å². The van der Waals surface area contributed by atoms with Crippen LogP contribution >= 0.6 is 23.2 Å². The molecule has 34 heavy (non-hydrogen) atoms. The summed E-state index contributed by atoms with van der Waals surface area (Å²) in [6, 6.07) is 17.6. The number of rotatable bonds is 5. The molecule has 4 rings (SSSR count). The molecule has 1 N–H and O–H groups in total. The zero-order valence-corrected chi connectivity index (χ0v) is 19.9. The standard InChI is InChI=1S/C25H20Cl2N4O3/c1-3-10-32-18-7-4-16(5-8-18)21-23(12-28,13-29)24(14-30)15(2)25(33-21,34-22(24)31)19-9-6-17(26)11-20(19)27/h4-9,11,15,21,31H,3,10H2,1-2H3. The summed E-state index contributed by atoms with van der Waals surface area (Å²) in [5.74, 6) is -2.50. The van der Waals surface area contributed by atoms with Crippen LogP contribution in [0.5, 0.6) is 5.75 Å². The maximum atomic E-state index is 10.4. The van der Waals surface area contributed by atoms with Crippen LogP contribution in [-0.2, 0) is 15.3 Å². The number of benzene rings is 2. The molecule has 2 fully saturated rings. The van der Waals surface area contributed by atoms with E-state index in [0.717, 1.165) is 6.42 Å². The Balaban J connectivity index is 1.95. The van der Waals surface area contributed by atoms with E-state index in [1.54, 1.807) is 43.3 Å². The van der Waals surface area contributed by atoms with Gasteiger partial charge in [-0.05, 0) is 42.3 Å². The number of hydrogen-bond acceptors (Lipinski definition) is 7. The summed E-state index contributed by atoms with van der Waals surface area (Å²) in [5, 5.41) is 40.3. The van der Waals surface area contributed by atoms with Gasteiger partial charge >= 0.3 is 0 Å². The second kappa shape index (κ2) is 8.49. The van der Waals surface area contributed by atoms with Crippen LogP contribution < -0.4 is 4.74 Å². The number of halogens is 2. The molecule has 2 aliphatic rings. The van der Waals surface area contributed by atoms with Crippen LogP contribution in [0.25, 0.3) is 0 Å². The summed E-state index contributed by atoms with van der Waals surface area (Å²) < 4.78 is 18.1. The molecule has 2 heterocycles. The average Bonchev–Trinajstić information content (AvgIpc) is 2.99. The molecule has 9 heteroatoms. The highest BCUT2D eigenvalue weighted by Crippen LogP contribution is 2.69. The van der Waals surface area contributed by atoms with E-state index in [-0.39, 0.29) is 5.02 Å². The van der Waals surface area contributed by atoms with Crippen LogP contribution in [0.4, 0.5) is 0 Å². The van der Waals surface area contributed by atoms with Crippen LogP contribution in [0, 0.1) is 56.2 Å². The minimum Gasteiger partial charge on any atom is -0.494 e. The predicted molar refractivity (Wildman–Crippen MR) is 124 cm³/mol. The Hall–Kier alpha value is -3.28. The van der Waals surface area contributed by atoms with Crippen molar-refractivity contribution in [3.8, 4) is 24.0 Å². The Morgan fingerprint density at radius 1 is 1.06 bits per heavy atom. The zero-order valence-electron chi connectivity index (χ0n) is 18.4. The van der Waals surface area contributed by atoms with Gasteiger partial charge in [0.15, 0.2) is 5.41 Å². The molecule has 2 aliphatic heterocycles. The van der Waals surface area contributed by atoms with Gasteiger partial charge in [-0.2, -0.15) is 15.8 Å². The predicted octanol–water partition coefficient (Wildman–Crippen LogP) is 5.89. The van der Waals surface area contributed by atoms with Gasteiger partial charge in [0, 0.05) is 10.6 Å². The summed E-state index contributed by atoms with van der Waals surface area (Å²) in [4.78, 5) is 0. The first-order valence-corrected chi connectivity index (χ1v) is 11.4. The molecule has 0 aromatic heterocycles. The molecule has 7 nitrogen and oxygen atoms in total. The number of ether oxygens (including phenoxy) is 3. The lowest BCUT2D eigenvalue weighted by atomic mass is 9.53.